The number of pyridine rings is 1. The lowest BCUT2D eigenvalue weighted by molar-refractivity contribution is 0.550. The number of nitrogens with one attached hydrogen (secondary N) is 1. The van der Waals surface area contributed by atoms with Crippen molar-refractivity contribution in [1.82, 2.24) is 10.3 Å². The molecule has 1 aromatic heterocycles. The van der Waals surface area contributed by atoms with Crippen LogP contribution in [0.4, 0.5) is 0 Å². The zero-order valence-corrected chi connectivity index (χ0v) is 13.2. The van der Waals surface area contributed by atoms with Crippen molar-refractivity contribution in [2.75, 3.05) is 6.54 Å². The summed E-state index contributed by atoms with van der Waals surface area (Å²) in [7, 11) is 0. The molecule has 0 saturated carbocycles. The summed E-state index contributed by atoms with van der Waals surface area (Å²) in [5.74, 6) is 0. The van der Waals surface area contributed by atoms with Crippen molar-refractivity contribution in [3.63, 3.8) is 0 Å². The highest BCUT2D eigenvalue weighted by Gasteiger charge is 2.16. The van der Waals surface area contributed by atoms with Gasteiger partial charge in [-0.2, -0.15) is 0 Å². The maximum atomic E-state index is 6.38. The Morgan fingerprint density at radius 1 is 1.20 bits per heavy atom. The SMILES string of the molecule is CCNC(Cc1ccncc1Cl)c1ccc(C)cc1Cl. The van der Waals surface area contributed by atoms with Gasteiger partial charge in [0.05, 0.1) is 5.02 Å². The fourth-order valence-corrected chi connectivity index (χ4v) is 2.81. The van der Waals surface area contributed by atoms with Gasteiger partial charge in [-0.1, -0.05) is 42.3 Å². The molecule has 0 bridgehead atoms. The van der Waals surface area contributed by atoms with E-state index in [0.29, 0.717) is 5.02 Å². The number of halogens is 2. The van der Waals surface area contributed by atoms with E-state index in [1.807, 2.05) is 19.1 Å². The molecule has 2 nitrogen and oxygen atoms in total. The van der Waals surface area contributed by atoms with Crippen molar-refractivity contribution in [2.24, 2.45) is 0 Å². The van der Waals surface area contributed by atoms with Crippen LogP contribution in [0.5, 0.6) is 0 Å². The molecule has 0 aliphatic heterocycles. The smallest absolute Gasteiger partial charge is 0.0622 e. The van der Waals surface area contributed by atoms with Gasteiger partial charge < -0.3 is 5.32 Å². The Labute approximate surface area is 130 Å². The quantitative estimate of drug-likeness (QED) is 0.874. The summed E-state index contributed by atoms with van der Waals surface area (Å²) in [5.41, 5.74) is 3.34. The number of rotatable bonds is 5. The first-order valence-corrected chi connectivity index (χ1v) is 7.45. The van der Waals surface area contributed by atoms with Crippen molar-refractivity contribution in [3.05, 3.63) is 63.4 Å². The van der Waals surface area contributed by atoms with E-state index >= 15 is 0 Å². The average molecular weight is 309 g/mol. The minimum atomic E-state index is 0.146. The Kier molecular flexibility index (Phi) is 5.41. The van der Waals surface area contributed by atoms with Crippen LogP contribution in [0.1, 0.15) is 29.7 Å². The maximum Gasteiger partial charge on any atom is 0.0622 e. The molecule has 4 heteroatoms. The number of hydrogen-bond donors (Lipinski definition) is 1. The van der Waals surface area contributed by atoms with E-state index in [-0.39, 0.29) is 6.04 Å². The molecule has 20 heavy (non-hydrogen) atoms. The molecule has 1 atom stereocenters. The van der Waals surface area contributed by atoms with Gasteiger partial charge >= 0.3 is 0 Å². The zero-order valence-electron chi connectivity index (χ0n) is 11.7. The maximum absolute atomic E-state index is 6.38. The highest BCUT2D eigenvalue weighted by Crippen LogP contribution is 2.28. The zero-order chi connectivity index (χ0) is 14.5. The van der Waals surface area contributed by atoms with Crippen molar-refractivity contribution in [1.29, 1.82) is 0 Å². The molecule has 0 aliphatic carbocycles. The molecule has 0 amide bonds. The lowest BCUT2D eigenvalue weighted by atomic mass is 9.98. The molecule has 2 rings (SSSR count). The van der Waals surface area contributed by atoms with Gasteiger partial charge in [-0.05, 0) is 48.7 Å². The van der Waals surface area contributed by atoms with Crippen LogP contribution in [0.15, 0.2) is 36.7 Å². The molecule has 0 saturated heterocycles. The number of likely N-dealkylation sites (N-methyl/N-ethyl adjacent to an activating group) is 1. The molecule has 1 aromatic carbocycles. The number of aryl methyl sites for hydroxylation is 1. The van der Waals surface area contributed by atoms with Crippen LogP contribution in [0.25, 0.3) is 0 Å². The number of benzene rings is 1. The van der Waals surface area contributed by atoms with Crippen LogP contribution in [0.3, 0.4) is 0 Å². The molecule has 1 heterocycles. The second-order valence-electron chi connectivity index (χ2n) is 4.81. The van der Waals surface area contributed by atoms with Crippen molar-refractivity contribution >= 4 is 23.2 Å². The molecule has 0 spiro atoms. The van der Waals surface area contributed by atoms with E-state index in [1.165, 1.54) is 0 Å². The summed E-state index contributed by atoms with van der Waals surface area (Å²) in [5, 5.41) is 4.96. The fraction of sp³-hybridized carbons (Fsp3) is 0.312. The van der Waals surface area contributed by atoms with Gasteiger partial charge in [-0.25, -0.2) is 0 Å². The average Bonchev–Trinajstić information content (AvgIpc) is 2.41. The second-order valence-corrected chi connectivity index (χ2v) is 5.62. The van der Waals surface area contributed by atoms with E-state index in [0.717, 1.165) is 34.7 Å². The van der Waals surface area contributed by atoms with Gasteiger partial charge in [0.2, 0.25) is 0 Å². The highest BCUT2D eigenvalue weighted by atomic mass is 35.5. The first kappa shape index (κ1) is 15.3. The predicted octanol–water partition coefficient (Wildman–Crippen LogP) is 4.59. The van der Waals surface area contributed by atoms with Gasteiger partial charge in [-0.3, -0.25) is 4.98 Å². The van der Waals surface area contributed by atoms with Crippen molar-refractivity contribution in [2.45, 2.75) is 26.3 Å². The fourth-order valence-electron chi connectivity index (χ4n) is 2.24. The Balaban J connectivity index is 2.29. The molecule has 2 aromatic rings. The molecule has 0 aliphatic rings. The van der Waals surface area contributed by atoms with E-state index in [1.54, 1.807) is 12.4 Å². The first-order valence-electron chi connectivity index (χ1n) is 6.69. The van der Waals surface area contributed by atoms with Crippen molar-refractivity contribution < 1.29 is 0 Å². The third-order valence-electron chi connectivity index (χ3n) is 3.26. The Hall–Kier alpha value is -1.09. The second kappa shape index (κ2) is 7.07. The monoisotopic (exact) mass is 308 g/mol. The molecular weight excluding hydrogens is 291 g/mol. The lowest BCUT2D eigenvalue weighted by Gasteiger charge is -2.20. The molecule has 106 valence electrons. The minimum Gasteiger partial charge on any atom is -0.310 e. The van der Waals surface area contributed by atoms with Gasteiger partial charge in [-0.15, -0.1) is 0 Å². The van der Waals surface area contributed by atoms with Crippen LogP contribution in [-0.4, -0.2) is 11.5 Å². The minimum absolute atomic E-state index is 0.146. The molecule has 1 N–H and O–H groups in total. The van der Waals surface area contributed by atoms with E-state index in [9.17, 15) is 0 Å². The Bertz CT molecular complexity index is 584. The van der Waals surface area contributed by atoms with Gasteiger partial charge in [0.25, 0.3) is 0 Å². The van der Waals surface area contributed by atoms with Crippen LogP contribution >= 0.6 is 23.2 Å². The van der Waals surface area contributed by atoms with Gasteiger partial charge in [0, 0.05) is 23.5 Å². The summed E-state index contributed by atoms with van der Waals surface area (Å²) in [6, 6.07) is 8.26. The number of aromatic nitrogens is 1. The molecule has 0 radical (unpaired) electrons. The topological polar surface area (TPSA) is 24.9 Å². The van der Waals surface area contributed by atoms with Crippen molar-refractivity contribution in [3.8, 4) is 0 Å². The Morgan fingerprint density at radius 3 is 2.65 bits per heavy atom. The standard InChI is InChI=1S/C16H18Cl2N2/c1-3-20-16(9-12-6-7-19-10-15(12)18)13-5-4-11(2)8-14(13)17/h4-8,10,16,20H,3,9H2,1-2H3. The predicted molar refractivity (Wildman–Crippen MR) is 85.6 cm³/mol. The summed E-state index contributed by atoms with van der Waals surface area (Å²) in [4.78, 5) is 4.02. The van der Waals surface area contributed by atoms with E-state index < -0.39 is 0 Å². The summed E-state index contributed by atoms with van der Waals surface area (Å²) in [6.07, 6.45) is 4.23. The summed E-state index contributed by atoms with van der Waals surface area (Å²) < 4.78 is 0. The third-order valence-corrected chi connectivity index (χ3v) is 3.93. The van der Waals surface area contributed by atoms with Crippen LogP contribution in [0, 0.1) is 6.92 Å². The molecular formula is C16H18Cl2N2. The number of nitrogens with zero attached hydrogens (tertiary/aromatic N) is 1. The van der Waals surface area contributed by atoms with Crippen LogP contribution in [0.2, 0.25) is 10.0 Å². The lowest BCUT2D eigenvalue weighted by Crippen LogP contribution is -2.23. The van der Waals surface area contributed by atoms with Crippen LogP contribution < -0.4 is 5.32 Å². The van der Waals surface area contributed by atoms with Crippen LogP contribution in [-0.2, 0) is 6.42 Å². The van der Waals surface area contributed by atoms with Gasteiger partial charge in [0.15, 0.2) is 0 Å². The third kappa shape index (κ3) is 3.72. The summed E-state index contributed by atoms with van der Waals surface area (Å²) >= 11 is 12.6. The summed E-state index contributed by atoms with van der Waals surface area (Å²) in [6.45, 7) is 5.00. The largest absolute Gasteiger partial charge is 0.310 e. The normalized spacial score (nSPS) is 12.4. The molecule has 1 unspecified atom stereocenters. The highest BCUT2D eigenvalue weighted by molar-refractivity contribution is 6.31. The van der Waals surface area contributed by atoms with Gasteiger partial charge in [0.1, 0.15) is 0 Å². The molecule has 0 fully saturated rings. The Morgan fingerprint density at radius 2 is 2.00 bits per heavy atom. The van der Waals surface area contributed by atoms with E-state index in [4.69, 9.17) is 23.2 Å². The number of hydrogen-bond acceptors (Lipinski definition) is 2. The van der Waals surface area contributed by atoms with E-state index in [2.05, 4.69) is 29.4 Å². The first-order chi connectivity index (χ1) is 9.61.